The van der Waals surface area contributed by atoms with Gasteiger partial charge in [-0.15, -0.1) is 0 Å². The van der Waals surface area contributed by atoms with Gasteiger partial charge in [0.15, 0.2) is 0 Å². The number of benzene rings is 1. The van der Waals surface area contributed by atoms with Crippen LogP contribution in [0.3, 0.4) is 0 Å². The van der Waals surface area contributed by atoms with Crippen LogP contribution >= 0.6 is 0 Å². The highest BCUT2D eigenvalue weighted by Gasteiger charge is 2.39. The van der Waals surface area contributed by atoms with Gasteiger partial charge >= 0.3 is 18.8 Å². The third-order valence-corrected chi connectivity index (χ3v) is 6.54. The molecule has 0 bridgehead atoms. The number of aromatic nitrogens is 3. The lowest BCUT2D eigenvalue weighted by atomic mass is 10.0. The second-order valence-electron chi connectivity index (χ2n) is 9.12. The lowest BCUT2D eigenvalue weighted by Gasteiger charge is -2.32. The molecule has 0 saturated carbocycles. The number of carbonyl (C=O) groups excluding carboxylic acids is 2. The fourth-order valence-electron chi connectivity index (χ4n) is 4.49. The average molecular weight is 551 g/mol. The van der Waals surface area contributed by atoms with E-state index in [1.165, 1.54) is 30.6 Å². The van der Waals surface area contributed by atoms with Crippen molar-refractivity contribution in [3.63, 3.8) is 0 Å². The first-order valence-corrected chi connectivity index (χ1v) is 12.0. The van der Waals surface area contributed by atoms with Crippen LogP contribution < -0.4 is 10.1 Å². The second kappa shape index (κ2) is 10.5. The molecular weight excluding hydrogens is 529 g/mol. The molecule has 14 heteroatoms. The predicted molar refractivity (Wildman–Crippen MR) is 125 cm³/mol. The minimum atomic E-state index is -4.47. The van der Waals surface area contributed by atoms with Crippen molar-refractivity contribution >= 4 is 12.0 Å². The molecule has 2 aliphatic rings. The number of cyclic esters (lactones) is 1. The zero-order chi connectivity index (χ0) is 27.7. The van der Waals surface area contributed by atoms with Crippen molar-refractivity contribution in [1.82, 2.24) is 25.0 Å². The SMILES string of the molecule is O=C(NCc1ccc(C(F)(F)F)cc1)c1cc(O[C@H]2CCN3C(=O)OC[C@@H]3C2)c(-c2cnn(C(F)F)c2)cn1. The monoisotopic (exact) mass is 551 g/mol. The Hall–Kier alpha value is -4.23. The Bertz CT molecular complexity index is 1360. The van der Waals surface area contributed by atoms with Gasteiger partial charge in [0, 0.05) is 55.5 Å². The predicted octanol–water partition coefficient (Wildman–Crippen LogP) is 4.65. The molecule has 2 aromatic heterocycles. The average Bonchev–Trinajstić information content (AvgIpc) is 3.54. The van der Waals surface area contributed by atoms with Crippen LogP contribution in [0, 0.1) is 0 Å². The van der Waals surface area contributed by atoms with Gasteiger partial charge in [-0.25, -0.2) is 9.48 Å². The summed E-state index contributed by atoms with van der Waals surface area (Å²) in [5.41, 5.74) is 0.238. The van der Waals surface area contributed by atoms with E-state index in [0.717, 1.165) is 18.3 Å². The molecule has 2 aliphatic heterocycles. The first-order valence-electron chi connectivity index (χ1n) is 12.0. The minimum Gasteiger partial charge on any atom is -0.489 e. The number of rotatable bonds is 7. The van der Waals surface area contributed by atoms with Crippen molar-refractivity contribution < 1.29 is 41.0 Å². The van der Waals surface area contributed by atoms with E-state index in [1.807, 2.05) is 0 Å². The van der Waals surface area contributed by atoms with Gasteiger partial charge in [0.2, 0.25) is 0 Å². The van der Waals surface area contributed by atoms with E-state index in [9.17, 15) is 31.5 Å². The molecule has 2 amide bonds. The van der Waals surface area contributed by atoms with Gasteiger partial charge in [-0.3, -0.25) is 9.78 Å². The standard InChI is InChI=1S/C25H22F5N5O4/c26-23(27)35-12-15(10-33-35)19-11-31-20(22(36)32-9-14-1-3-16(4-2-14)25(28,29)30)8-21(19)39-18-5-6-34-17(7-18)13-38-24(34)37/h1-4,8,10-12,17-18,23H,5-7,9,13H2,(H,32,36)/t17-,18-/m0/s1. The lowest BCUT2D eigenvalue weighted by molar-refractivity contribution is -0.137. The third-order valence-electron chi connectivity index (χ3n) is 6.54. The smallest absolute Gasteiger partial charge is 0.416 e. The summed E-state index contributed by atoms with van der Waals surface area (Å²) in [6.07, 6.45) is -0.570. The fraction of sp³-hybridized carbons (Fsp3) is 0.360. The van der Waals surface area contributed by atoms with Gasteiger partial charge in [-0.1, -0.05) is 12.1 Å². The summed E-state index contributed by atoms with van der Waals surface area (Å²) in [5.74, 6) is -0.402. The summed E-state index contributed by atoms with van der Waals surface area (Å²) in [7, 11) is 0. The quantitative estimate of drug-likeness (QED) is 0.430. The van der Waals surface area contributed by atoms with Crippen molar-refractivity contribution in [1.29, 1.82) is 0 Å². The zero-order valence-electron chi connectivity index (χ0n) is 20.2. The Balaban J connectivity index is 1.34. The number of alkyl halides is 5. The highest BCUT2D eigenvalue weighted by atomic mass is 19.4. The van der Waals surface area contributed by atoms with Gasteiger partial charge in [0.1, 0.15) is 24.2 Å². The molecule has 4 heterocycles. The van der Waals surface area contributed by atoms with Gasteiger partial charge in [-0.2, -0.15) is 27.1 Å². The minimum absolute atomic E-state index is 0.0428. The first kappa shape index (κ1) is 26.4. The summed E-state index contributed by atoms with van der Waals surface area (Å²) in [6, 6.07) is 5.59. The summed E-state index contributed by atoms with van der Waals surface area (Å²) >= 11 is 0. The summed E-state index contributed by atoms with van der Waals surface area (Å²) < 4.78 is 76.3. The largest absolute Gasteiger partial charge is 0.489 e. The van der Waals surface area contributed by atoms with Gasteiger partial charge in [0.05, 0.1) is 17.8 Å². The maximum absolute atomic E-state index is 13.1. The van der Waals surface area contributed by atoms with Crippen molar-refractivity contribution in [2.24, 2.45) is 0 Å². The number of hydrogen-bond donors (Lipinski definition) is 1. The summed E-state index contributed by atoms with van der Waals surface area (Å²) in [5, 5.41) is 6.25. The molecule has 0 unspecified atom stereocenters. The first-order chi connectivity index (χ1) is 18.6. The molecular formula is C25H22F5N5O4. The van der Waals surface area contributed by atoms with Crippen molar-refractivity contribution in [3.05, 3.63) is 65.7 Å². The van der Waals surface area contributed by atoms with E-state index in [4.69, 9.17) is 9.47 Å². The van der Waals surface area contributed by atoms with Gasteiger partial charge < -0.3 is 19.7 Å². The maximum Gasteiger partial charge on any atom is 0.416 e. The molecule has 1 N–H and O–H groups in total. The highest BCUT2D eigenvalue weighted by Crippen LogP contribution is 2.34. The molecule has 3 aromatic rings. The van der Waals surface area contributed by atoms with Crippen LogP contribution in [0.2, 0.25) is 0 Å². The Morgan fingerprint density at radius 3 is 2.67 bits per heavy atom. The number of ether oxygens (including phenoxy) is 2. The fourth-order valence-corrected chi connectivity index (χ4v) is 4.49. The van der Waals surface area contributed by atoms with E-state index < -0.39 is 24.2 Å². The number of nitrogens with zero attached hydrogens (tertiary/aromatic N) is 4. The molecule has 9 nitrogen and oxygen atoms in total. The zero-order valence-corrected chi connectivity index (χ0v) is 20.2. The number of fused-ring (bicyclic) bond motifs is 1. The van der Waals surface area contributed by atoms with Crippen LogP contribution in [-0.2, 0) is 17.5 Å². The molecule has 5 rings (SSSR count). The van der Waals surface area contributed by atoms with Crippen molar-refractivity contribution in [2.45, 2.75) is 44.3 Å². The van der Waals surface area contributed by atoms with E-state index >= 15 is 0 Å². The Morgan fingerprint density at radius 2 is 1.97 bits per heavy atom. The molecule has 2 fully saturated rings. The number of hydrogen-bond acceptors (Lipinski definition) is 6. The second-order valence-corrected chi connectivity index (χ2v) is 9.12. The van der Waals surface area contributed by atoms with E-state index in [1.54, 1.807) is 4.90 Å². The molecule has 0 spiro atoms. The number of pyridine rings is 1. The molecule has 0 aliphatic carbocycles. The van der Waals surface area contributed by atoms with Crippen LogP contribution in [0.25, 0.3) is 11.1 Å². The normalized spacial score (nSPS) is 19.1. The topological polar surface area (TPSA) is 98.6 Å². The van der Waals surface area contributed by atoms with Gasteiger partial charge in [-0.05, 0) is 17.7 Å². The molecule has 2 saturated heterocycles. The number of amides is 2. The lowest BCUT2D eigenvalue weighted by Crippen LogP contribution is -2.44. The van der Waals surface area contributed by atoms with Crippen LogP contribution in [-0.4, -0.2) is 57.0 Å². The molecule has 39 heavy (non-hydrogen) atoms. The third kappa shape index (κ3) is 5.78. The van der Waals surface area contributed by atoms with Crippen LogP contribution in [0.5, 0.6) is 5.75 Å². The Labute approximate surface area is 218 Å². The van der Waals surface area contributed by atoms with Crippen LogP contribution in [0.4, 0.5) is 26.7 Å². The Kier molecular flexibility index (Phi) is 7.10. The molecule has 0 radical (unpaired) electrons. The summed E-state index contributed by atoms with van der Waals surface area (Å²) in [6.45, 7) is -2.25. The van der Waals surface area contributed by atoms with Crippen LogP contribution in [0.1, 0.15) is 41.0 Å². The van der Waals surface area contributed by atoms with Gasteiger partial charge in [0.25, 0.3) is 5.91 Å². The number of piperidine rings is 1. The van der Waals surface area contributed by atoms with E-state index in [0.29, 0.717) is 40.8 Å². The van der Waals surface area contributed by atoms with Crippen LogP contribution in [0.15, 0.2) is 48.9 Å². The molecule has 206 valence electrons. The maximum atomic E-state index is 13.1. The van der Waals surface area contributed by atoms with E-state index in [2.05, 4.69) is 15.4 Å². The van der Waals surface area contributed by atoms with E-state index in [-0.39, 0.29) is 42.8 Å². The van der Waals surface area contributed by atoms with Crippen molar-refractivity contribution in [3.8, 4) is 16.9 Å². The molecule has 1 aromatic carbocycles. The molecule has 2 atom stereocenters. The highest BCUT2D eigenvalue weighted by molar-refractivity contribution is 5.93. The Morgan fingerprint density at radius 1 is 1.21 bits per heavy atom. The number of nitrogens with one attached hydrogen (secondary N) is 1. The number of carbonyl (C=O) groups is 2. The summed E-state index contributed by atoms with van der Waals surface area (Å²) in [4.78, 5) is 30.4. The number of halogens is 5. The van der Waals surface area contributed by atoms with Crippen molar-refractivity contribution in [2.75, 3.05) is 13.2 Å².